The molecule has 0 saturated carbocycles. The number of nitrogen functional groups attached to an aromatic ring is 1. The molecular weight excluding hydrogens is 162 g/mol. The van der Waals surface area contributed by atoms with Crippen molar-refractivity contribution < 1.29 is 4.79 Å². The van der Waals surface area contributed by atoms with Gasteiger partial charge in [-0.2, -0.15) is 0 Å². The van der Waals surface area contributed by atoms with Crippen LogP contribution in [0.3, 0.4) is 0 Å². The van der Waals surface area contributed by atoms with Gasteiger partial charge in [0.1, 0.15) is 6.29 Å². The highest BCUT2D eigenvalue weighted by atomic mass is 16.1. The van der Waals surface area contributed by atoms with Crippen LogP contribution in [0.2, 0.25) is 0 Å². The van der Waals surface area contributed by atoms with Crippen LogP contribution in [0.1, 0.15) is 17.5 Å². The molecule has 0 atom stereocenters. The molecule has 0 radical (unpaired) electrons. The molecule has 0 fully saturated rings. The predicted octanol–water partition coefficient (Wildman–Crippen LogP) is 1.52. The molecular formula is C11H11NO. The number of nitrogens with two attached hydrogens (primary N) is 1. The first-order chi connectivity index (χ1) is 6.25. The maximum atomic E-state index is 10.0. The Morgan fingerprint density at radius 2 is 2.31 bits per heavy atom. The van der Waals surface area contributed by atoms with Crippen LogP contribution in [-0.4, -0.2) is 6.29 Å². The van der Waals surface area contributed by atoms with Gasteiger partial charge in [-0.05, 0) is 18.6 Å². The Bertz CT molecular complexity index is 351. The number of benzene rings is 1. The van der Waals surface area contributed by atoms with Gasteiger partial charge >= 0.3 is 0 Å². The van der Waals surface area contributed by atoms with Crippen LogP contribution in [0.5, 0.6) is 0 Å². The van der Waals surface area contributed by atoms with Crippen molar-refractivity contribution in [2.24, 2.45) is 0 Å². The quantitative estimate of drug-likeness (QED) is 0.397. The largest absolute Gasteiger partial charge is 0.398 e. The van der Waals surface area contributed by atoms with E-state index in [0.29, 0.717) is 5.69 Å². The summed E-state index contributed by atoms with van der Waals surface area (Å²) in [6.07, 6.45) is 1.04. The molecule has 2 heteroatoms. The van der Waals surface area contributed by atoms with Crippen LogP contribution in [0.15, 0.2) is 18.2 Å². The molecule has 1 aromatic rings. The highest BCUT2D eigenvalue weighted by Gasteiger charge is 1.97. The third kappa shape index (κ3) is 2.34. The number of rotatable bonds is 1. The molecule has 0 aliphatic carbocycles. The van der Waals surface area contributed by atoms with Crippen molar-refractivity contribution in [3.8, 4) is 11.8 Å². The standard InChI is InChI=1S/C11H11NO/c1-9-5-4-7-11(12)10(9)6-2-3-8-13/h4-5,7-8H,3,12H2,1H3. The van der Waals surface area contributed by atoms with Crippen LogP contribution >= 0.6 is 0 Å². The van der Waals surface area contributed by atoms with E-state index in [2.05, 4.69) is 11.8 Å². The molecule has 0 aromatic heterocycles. The lowest BCUT2D eigenvalue weighted by atomic mass is 10.1. The van der Waals surface area contributed by atoms with Gasteiger partial charge in [-0.25, -0.2) is 0 Å². The number of carbonyl (C=O) groups is 1. The smallest absolute Gasteiger partial charge is 0.131 e. The number of aryl methyl sites for hydroxylation is 1. The summed E-state index contributed by atoms with van der Waals surface area (Å²) in [5.74, 6) is 5.61. The number of hydrogen-bond acceptors (Lipinski definition) is 2. The Kier molecular flexibility index (Phi) is 3.10. The molecule has 0 saturated heterocycles. The van der Waals surface area contributed by atoms with Crippen molar-refractivity contribution in [1.82, 2.24) is 0 Å². The molecule has 0 spiro atoms. The second-order valence-corrected chi connectivity index (χ2v) is 2.71. The van der Waals surface area contributed by atoms with Gasteiger partial charge in [-0.1, -0.05) is 24.0 Å². The summed E-state index contributed by atoms with van der Waals surface area (Å²) in [5, 5.41) is 0. The lowest BCUT2D eigenvalue weighted by Crippen LogP contribution is -1.92. The summed E-state index contributed by atoms with van der Waals surface area (Å²) in [5.41, 5.74) is 8.24. The van der Waals surface area contributed by atoms with E-state index >= 15 is 0 Å². The minimum absolute atomic E-state index is 0.258. The van der Waals surface area contributed by atoms with Crippen LogP contribution in [-0.2, 0) is 4.79 Å². The Balaban J connectivity index is 3.01. The van der Waals surface area contributed by atoms with Crippen LogP contribution in [0, 0.1) is 18.8 Å². The zero-order valence-corrected chi connectivity index (χ0v) is 7.50. The molecule has 2 nitrogen and oxygen atoms in total. The number of anilines is 1. The summed E-state index contributed by atoms with van der Waals surface area (Å²) < 4.78 is 0. The average molecular weight is 173 g/mol. The summed E-state index contributed by atoms with van der Waals surface area (Å²) in [6.45, 7) is 1.95. The number of hydrogen-bond donors (Lipinski definition) is 1. The van der Waals surface area contributed by atoms with E-state index in [1.54, 1.807) is 6.07 Å². The molecule has 0 bridgehead atoms. The van der Waals surface area contributed by atoms with E-state index in [1.165, 1.54) is 0 Å². The predicted molar refractivity (Wildman–Crippen MR) is 53.2 cm³/mol. The van der Waals surface area contributed by atoms with Crippen molar-refractivity contribution in [3.05, 3.63) is 29.3 Å². The van der Waals surface area contributed by atoms with E-state index in [0.717, 1.165) is 17.4 Å². The van der Waals surface area contributed by atoms with Crippen molar-refractivity contribution in [2.75, 3.05) is 5.73 Å². The molecule has 0 unspecified atom stereocenters. The molecule has 0 aliphatic heterocycles. The minimum atomic E-state index is 0.258. The lowest BCUT2D eigenvalue weighted by molar-refractivity contribution is -0.107. The average Bonchev–Trinajstić information content (AvgIpc) is 2.10. The van der Waals surface area contributed by atoms with E-state index < -0.39 is 0 Å². The third-order valence-corrected chi connectivity index (χ3v) is 1.70. The highest BCUT2D eigenvalue weighted by molar-refractivity contribution is 5.61. The SMILES string of the molecule is Cc1cccc(N)c1C#CCC=O. The third-order valence-electron chi connectivity index (χ3n) is 1.70. The summed E-state index contributed by atoms with van der Waals surface area (Å²) >= 11 is 0. The molecule has 1 aromatic carbocycles. The molecule has 13 heavy (non-hydrogen) atoms. The number of aldehydes is 1. The zero-order chi connectivity index (χ0) is 9.68. The fraction of sp³-hybridized carbons (Fsp3) is 0.182. The normalized spacial score (nSPS) is 8.69. The Morgan fingerprint density at radius 1 is 1.54 bits per heavy atom. The molecule has 0 aliphatic rings. The van der Waals surface area contributed by atoms with E-state index in [-0.39, 0.29) is 6.42 Å². The fourth-order valence-corrected chi connectivity index (χ4v) is 1.04. The Hall–Kier alpha value is -1.75. The van der Waals surface area contributed by atoms with Gasteiger partial charge in [0.25, 0.3) is 0 Å². The van der Waals surface area contributed by atoms with Crippen LogP contribution in [0.4, 0.5) is 5.69 Å². The number of carbonyl (C=O) groups excluding carboxylic acids is 1. The van der Waals surface area contributed by atoms with Gasteiger partial charge in [-0.15, -0.1) is 0 Å². The Morgan fingerprint density at radius 3 is 2.92 bits per heavy atom. The molecule has 1 rings (SSSR count). The van der Waals surface area contributed by atoms with Gasteiger partial charge in [0.05, 0.1) is 12.0 Å². The van der Waals surface area contributed by atoms with E-state index in [9.17, 15) is 4.79 Å². The second-order valence-electron chi connectivity index (χ2n) is 2.71. The molecule has 66 valence electrons. The zero-order valence-electron chi connectivity index (χ0n) is 7.50. The fourth-order valence-electron chi connectivity index (χ4n) is 1.04. The van der Waals surface area contributed by atoms with Gasteiger partial charge in [0, 0.05) is 5.69 Å². The monoisotopic (exact) mass is 173 g/mol. The summed E-state index contributed by atoms with van der Waals surface area (Å²) in [7, 11) is 0. The Labute approximate surface area is 77.8 Å². The molecule has 2 N–H and O–H groups in total. The van der Waals surface area contributed by atoms with Crippen LogP contribution < -0.4 is 5.73 Å². The van der Waals surface area contributed by atoms with Gasteiger partial charge in [-0.3, -0.25) is 0 Å². The second kappa shape index (κ2) is 4.32. The van der Waals surface area contributed by atoms with E-state index in [1.807, 2.05) is 19.1 Å². The van der Waals surface area contributed by atoms with Crippen molar-refractivity contribution in [3.63, 3.8) is 0 Å². The maximum absolute atomic E-state index is 10.0. The maximum Gasteiger partial charge on any atom is 0.131 e. The lowest BCUT2D eigenvalue weighted by Gasteiger charge is -2.00. The van der Waals surface area contributed by atoms with Crippen molar-refractivity contribution in [1.29, 1.82) is 0 Å². The van der Waals surface area contributed by atoms with Gasteiger partial charge < -0.3 is 10.5 Å². The van der Waals surface area contributed by atoms with Crippen LogP contribution in [0.25, 0.3) is 0 Å². The minimum Gasteiger partial charge on any atom is -0.398 e. The first kappa shape index (κ1) is 9.34. The van der Waals surface area contributed by atoms with Gasteiger partial charge in [0.15, 0.2) is 0 Å². The molecule has 0 heterocycles. The van der Waals surface area contributed by atoms with E-state index in [4.69, 9.17) is 5.73 Å². The van der Waals surface area contributed by atoms with Crippen molar-refractivity contribution >= 4 is 12.0 Å². The summed E-state index contributed by atoms with van der Waals surface area (Å²) in [6, 6.07) is 5.63. The summed E-state index contributed by atoms with van der Waals surface area (Å²) in [4.78, 5) is 10.0. The van der Waals surface area contributed by atoms with Crippen molar-refractivity contribution in [2.45, 2.75) is 13.3 Å². The van der Waals surface area contributed by atoms with Gasteiger partial charge in [0.2, 0.25) is 0 Å². The topological polar surface area (TPSA) is 43.1 Å². The highest BCUT2D eigenvalue weighted by Crippen LogP contribution is 2.14. The first-order valence-corrected chi connectivity index (χ1v) is 4.03. The molecule has 0 amide bonds. The first-order valence-electron chi connectivity index (χ1n) is 4.03.